The molecule has 2 N–H and O–H groups in total. The first-order chi connectivity index (χ1) is 18.3. The molecule has 2 saturated carbocycles. The molecule has 39 heavy (non-hydrogen) atoms. The molecule has 0 aliphatic heterocycles. The number of rotatable bonds is 4. The minimum Gasteiger partial charge on any atom is -0.508 e. The molecule has 0 spiro atoms. The van der Waals surface area contributed by atoms with Crippen LogP contribution >= 0.6 is 0 Å². The lowest BCUT2D eigenvalue weighted by Gasteiger charge is -2.49. The number of ketones is 1. The summed E-state index contributed by atoms with van der Waals surface area (Å²) in [6, 6.07) is 15.6. The zero-order chi connectivity index (χ0) is 29.0. The Balaban J connectivity index is 0.000000211. The van der Waals surface area contributed by atoms with E-state index >= 15 is 0 Å². The average molecular weight is 533 g/mol. The molecule has 4 heteroatoms. The Morgan fingerprint density at radius 3 is 2.31 bits per heavy atom. The Morgan fingerprint density at radius 1 is 1.00 bits per heavy atom. The largest absolute Gasteiger partial charge is 0.508 e. The van der Waals surface area contributed by atoms with Crippen LogP contribution < -0.4 is 0 Å². The summed E-state index contributed by atoms with van der Waals surface area (Å²) < 4.78 is 5.99. The third-order valence-corrected chi connectivity index (χ3v) is 8.97. The number of Topliss-reactive ketones (excluding diaryl/α,β-unsaturated/α-hetero) is 1. The molecule has 2 fully saturated rings. The van der Waals surface area contributed by atoms with E-state index in [1.807, 2.05) is 12.1 Å². The molecule has 3 unspecified atom stereocenters. The van der Waals surface area contributed by atoms with Crippen LogP contribution in [0.5, 0.6) is 5.75 Å². The van der Waals surface area contributed by atoms with E-state index in [1.165, 1.54) is 5.56 Å². The van der Waals surface area contributed by atoms with Gasteiger partial charge in [-0.2, -0.15) is 0 Å². The fraction of sp³-hybridized carbons (Fsp3) is 0.571. The van der Waals surface area contributed by atoms with Crippen molar-refractivity contribution in [1.82, 2.24) is 0 Å². The Hall–Kier alpha value is -2.61. The number of aromatic hydroxyl groups is 1. The standard InChI is InChI=1S/C18H22O3.C15H24O.C2H2/c1-18-7-6-12-11-3-2-10(19)8-14(11)16(20)9-13(12)15(18)4-5-17(18)21;1-14(2,3)12-15(4,5)16-11-13-9-7-6-8-10-13;1-2/h2-3,8,12-13,15,17,19,21H,4-7,9H2,1H3;6-10H,11-12H2,1-5H3;1-2H/t12?,13?,15?,17-,18-;;/m0../s1. The van der Waals surface area contributed by atoms with Gasteiger partial charge in [0.2, 0.25) is 0 Å². The van der Waals surface area contributed by atoms with Gasteiger partial charge in [0.25, 0.3) is 0 Å². The Kier molecular flexibility index (Phi) is 9.73. The van der Waals surface area contributed by atoms with Crippen molar-refractivity contribution in [2.75, 3.05) is 0 Å². The predicted octanol–water partition coefficient (Wildman–Crippen LogP) is 7.92. The highest BCUT2D eigenvalue weighted by molar-refractivity contribution is 5.99. The maximum Gasteiger partial charge on any atom is 0.163 e. The van der Waals surface area contributed by atoms with E-state index in [4.69, 9.17) is 4.74 Å². The third kappa shape index (κ3) is 7.33. The number of fused-ring (bicyclic) bond motifs is 5. The number of carbonyl (C=O) groups excluding carboxylic acids is 1. The van der Waals surface area contributed by atoms with Crippen molar-refractivity contribution in [2.24, 2.45) is 22.7 Å². The number of aliphatic hydroxyl groups excluding tert-OH is 1. The number of phenols is 1. The molecule has 3 aliphatic rings. The monoisotopic (exact) mass is 532 g/mol. The molecular weight excluding hydrogens is 484 g/mol. The molecule has 5 rings (SSSR count). The number of carbonyl (C=O) groups is 1. The number of hydrogen-bond acceptors (Lipinski definition) is 4. The summed E-state index contributed by atoms with van der Waals surface area (Å²) in [7, 11) is 0. The first-order valence-corrected chi connectivity index (χ1v) is 14.3. The Labute approximate surface area is 236 Å². The van der Waals surface area contributed by atoms with Gasteiger partial charge in [-0.1, -0.05) is 64.1 Å². The summed E-state index contributed by atoms with van der Waals surface area (Å²) in [5, 5.41) is 20.0. The molecule has 4 nitrogen and oxygen atoms in total. The molecule has 0 radical (unpaired) electrons. The second-order valence-electron chi connectivity index (χ2n) is 13.7. The van der Waals surface area contributed by atoms with Crippen molar-refractivity contribution in [1.29, 1.82) is 0 Å². The Morgan fingerprint density at radius 2 is 1.67 bits per heavy atom. The van der Waals surface area contributed by atoms with Crippen molar-refractivity contribution in [3.63, 3.8) is 0 Å². The van der Waals surface area contributed by atoms with Gasteiger partial charge >= 0.3 is 0 Å². The number of ether oxygens (including phenoxy) is 1. The smallest absolute Gasteiger partial charge is 0.163 e. The SMILES string of the molecule is C#C.CC(C)(C)CC(C)(C)OCc1ccccc1.C[C@]12CCC3c4ccc(O)cc4C(=O)CC3C1CC[C@@H]2O. The average Bonchev–Trinajstić information content (AvgIpc) is 3.18. The van der Waals surface area contributed by atoms with Crippen LogP contribution in [0.25, 0.3) is 0 Å². The van der Waals surface area contributed by atoms with Gasteiger partial charge in [0.1, 0.15) is 5.75 Å². The maximum absolute atomic E-state index is 12.5. The van der Waals surface area contributed by atoms with Crippen LogP contribution in [-0.4, -0.2) is 27.7 Å². The van der Waals surface area contributed by atoms with Crippen molar-refractivity contribution in [3.05, 3.63) is 65.2 Å². The summed E-state index contributed by atoms with van der Waals surface area (Å²) in [6.07, 6.45) is 13.4. The third-order valence-electron chi connectivity index (χ3n) is 8.97. The summed E-state index contributed by atoms with van der Waals surface area (Å²) in [5.41, 5.74) is 3.32. The van der Waals surface area contributed by atoms with E-state index in [0.717, 1.165) is 43.2 Å². The fourth-order valence-corrected chi connectivity index (χ4v) is 7.55. The first-order valence-electron chi connectivity index (χ1n) is 14.3. The van der Waals surface area contributed by atoms with Crippen molar-refractivity contribution in [2.45, 2.75) is 104 Å². The van der Waals surface area contributed by atoms with E-state index in [-0.39, 0.29) is 28.7 Å². The van der Waals surface area contributed by atoms with E-state index in [2.05, 4.69) is 78.7 Å². The molecule has 0 heterocycles. The highest BCUT2D eigenvalue weighted by Crippen LogP contribution is 2.60. The minimum absolute atomic E-state index is 0.00410. The zero-order valence-electron chi connectivity index (χ0n) is 24.7. The van der Waals surface area contributed by atoms with Crippen LogP contribution in [0.15, 0.2) is 48.5 Å². The molecule has 3 aliphatic carbocycles. The van der Waals surface area contributed by atoms with Gasteiger partial charge in [0.05, 0.1) is 18.3 Å². The number of terminal acetylenes is 1. The quantitative estimate of drug-likeness (QED) is 0.393. The van der Waals surface area contributed by atoms with Gasteiger partial charge < -0.3 is 14.9 Å². The predicted molar refractivity (Wildman–Crippen MR) is 159 cm³/mol. The summed E-state index contributed by atoms with van der Waals surface area (Å²) in [6.45, 7) is 14.0. The molecule has 2 aromatic carbocycles. The highest BCUT2D eigenvalue weighted by atomic mass is 16.5. The molecule has 212 valence electrons. The van der Waals surface area contributed by atoms with E-state index in [1.54, 1.807) is 12.1 Å². The van der Waals surface area contributed by atoms with Crippen LogP contribution in [0.2, 0.25) is 0 Å². The minimum atomic E-state index is -0.209. The van der Waals surface area contributed by atoms with Crippen LogP contribution in [0, 0.1) is 35.5 Å². The number of phenolic OH excluding ortho intramolecular Hbond substituents is 1. The normalized spacial score (nSPS) is 27.6. The maximum atomic E-state index is 12.5. The molecule has 0 aromatic heterocycles. The van der Waals surface area contributed by atoms with Gasteiger partial charge in [-0.3, -0.25) is 4.79 Å². The van der Waals surface area contributed by atoms with Gasteiger partial charge in [-0.25, -0.2) is 0 Å². The molecular formula is C35H48O4. The van der Waals surface area contributed by atoms with Gasteiger partial charge in [-0.15, -0.1) is 12.8 Å². The van der Waals surface area contributed by atoms with E-state index in [0.29, 0.717) is 36.2 Å². The molecule has 0 saturated heterocycles. The number of benzene rings is 2. The second kappa shape index (κ2) is 12.3. The molecule has 0 amide bonds. The van der Waals surface area contributed by atoms with Crippen molar-refractivity contribution in [3.8, 4) is 18.6 Å². The zero-order valence-corrected chi connectivity index (χ0v) is 24.7. The lowest BCUT2D eigenvalue weighted by molar-refractivity contribution is -0.0537. The first kappa shape index (κ1) is 30.9. The van der Waals surface area contributed by atoms with Crippen molar-refractivity contribution < 1.29 is 19.7 Å². The second-order valence-corrected chi connectivity index (χ2v) is 13.7. The number of hydrogen-bond donors (Lipinski definition) is 2. The summed E-state index contributed by atoms with van der Waals surface area (Å²) in [4.78, 5) is 12.5. The molecule has 2 aromatic rings. The van der Waals surface area contributed by atoms with Gasteiger partial charge in [0.15, 0.2) is 5.78 Å². The highest BCUT2D eigenvalue weighted by Gasteiger charge is 2.55. The van der Waals surface area contributed by atoms with Crippen LogP contribution in [-0.2, 0) is 11.3 Å². The lowest BCUT2D eigenvalue weighted by Crippen LogP contribution is -2.44. The van der Waals surface area contributed by atoms with Gasteiger partial charge in [0, 0.05) is 12.0 Å². The van der Waals surface area contributed by atoms with Gasteiger partial charge in [-0.05, 0) is 97.8 Å². The number of aliphatic hydroxyl groups is 1. The van der Waals surface area contributed by atoms with E-state index in [9.17, 15) is 15.0 Å². The summed E-state index contributed by atoms with van der Waals surface area (Å²) in [5.74, 6) is 1.58. The molecule has 5 atom stereocenters. The topological polar surface area (TPSA) is 66.8 Å². The van der Waals surface area contributed by atoms with Crippen LogP contribution in [0.4, 0.5) is 0 Å². The van der Waals surface area contributed by atoms with Crippen LogP contribution in [0.1, 0.15) is 107 Å². The lowest BCUT2D eigenvalue weighted by atomic mass is 9.55. The van der Waals surface area contributed by atoms with Crippen molar-refractivity contribution >= 4 is 5.78 Å². The summed E-state index contributed by atoms with van der Waals surface area (Å²) >= 11 is 0. The Bertz CT molecular complexity index is 1130. The fourth-order valence-electron chi connectivity index (χ4n) is 7.55. The van der Waals surface area contributed by atoms with E-state index < -0.39 is 0 Å². The van der Waals surface area contributed by atoms with Crippen LogP contribution in [0.3, 0.4) is 0 Å². The molecule has 0 bridgehead atoms.